The minimum absolute atomic E-state index is 0. The van der Waals surface area contributed by atoms with Crippen molar-refractivity contribution in [3.05, 3.63) is 88.1 Å². The van der Waals surface area contributed by atoms with Crippen LogP contribution < -0.4 is 0 Å². The van der Waals surface area contributed by atoms with Crippen LogP contribution in [-0.4, -0.2) is 21.6 Å². The smallest absolute Gasteiger partial charge is 0.267 e. The Morgan fingerprint density at radius 3 is 2.50 bits per heavy atom. The van der Waals surface area contributed by atoms with Crippen LogP contribution in [0.15, 0.2) is 71.4 Å². The van der Waals surface area contributed by atoms with Crippen molar-refractivity contribution in [1.82, 2.24) is 9.99 Å². The number of carbonyl (C=O) groups excluding carboxylic acids is 1. The Kier molecular flexibility index (Phi) is 5.44. The Morgan fingerprint density at radius 2 is 1.85 bits per heavy atom. The summed E-state index contributed by atoms with van der Waals surface area (Å²) in [6, 6.07) is 13.3. The lowest BCUT2D eigenvalue weighted by Crippen LogP contribution is -2.27. The number of thiophene rings is 1. The van der Waals surface area contributed by atoms with Gasteiger partial charge in [0.05, 0.1) is 16.6 Å². The highest BCUT2D eigenvalue weighted by atomic mass is 35.5. The lowest BCUT2D eigenvalue weighted by Gasteiger charge is -2.22. The van der Waals surface area contributed by atoms with Gasteiger partial charge in [-0.05, 0) is 41.3 Å². The summed E-state index contributed by atoms with van der Waals surface area (Å²) in [6.45, 7) is 0. The molecule has 0 bridgehead atoms. The fraction of sp³-hybridized carbons (Fsp3) is 0.105. The quantitative estimate of drug-likeness (QED) is 0.654. The van der Waals surface area contributed by atoms with Crippen molar-refractivity contribution in [2.45, 2.75) is 12.5 Å². The van der Waals surface area contributed by atoms with Crippen molar-refractivity contribution in [3.8, 4) is 0 Å². The molecule has 3 heterocycles. The number of hydrazone groups is 1. The molecule has 0 saturated heterocycles. The molecular formula is C19H15ClFN3OS. The first-order valence-electron chi connectivity index (χ1n) is 7.83. The molecule has 1 aliphatic heterocycles. The van der Waals surface area contributed by atoms with Crippen LogP contribution in [0.1, 0.15) is 33.3 Å². The van der Waals surface area contributed by atoms with Gasteiger partial charge < -0.3 is 0 Å². The number of aromatic nitrogens is 1. The number of nitrogens with zero attached hydrogens (tertiary/aromatic N) is 3. The van der Waals surface area contributed by atoms with Crippen LogP contribution in [0.3, 0.4) is 0 Å². The van der Waals surface area contributed by atoms with Gasteiger partial charge in [-0.1, -0.05) is 18.2 Å². The molecule has 0 aliphatic carbocycles. The summed E-state index contributed by atoms with van der Waals surface area (Å²) in [6.07, 6.45) is 3.77. The first kappa shape index (κ1) is 18.2. The molecule has 1 aromatic carbocycles. The summed E-state index contributed by atoms with van der Waals surface area (Å²) in [4.78, 5) is 17.9. The standard InChI is InChI=1S/C19H14FN3OS.ClH/c20-15-5-3-13(4-6-15)17-12-16(18-2-1-11-25-18)22-23(17)19(24)14-7-9-21-10-8-14;/h1-11,17H,12H2;1H. The molecule has 0 fully saturated rings. The number of halogens is 2. The molecule has 26 heavy (non-hydrogen) atoms. The summed E-state index contributed by atoms with van der Waals surface area (Å²) < 4.78 is 13.3. The number of rotatable bonds is 3. The number of pyridine rings is 1. The van der Waals surface area contributed by atoms with Gasteiger partial charge >= 0.3 is 0 Å². The van der Waals surface area contributed by atoms with E-state index >= 15 is 0 Å². The second-order valence-electron chi connectivity index (χ2n) is 5.68. The van der Waals surface area contributed by atoms with E-state index in [0.29, 0.717) is 12.0 Å². The maximum Gasteiger partial charge on any atom is 0.274 e. The van der Waals surface area contributed by atoms with E-state index in [0.717, 1.165) is 16.2 Å². The van der Waals surface area contributed by atoms with Crippen LogP contribution in [0.4, 0.5) is 4.39 Å². The Balaban J connectivity index is 0.00000196. The minimum atomic E-state index is -0.298. The molecule has 2 aromatic heterocycles. The van der Waals surface area contributed by atoms with E-state index in [1.165, 1.54) is 17.1 Å². The molecule has 1 unspecified atom stereocenters. The van der Waals surface area contributed by atoms with Gasteiger partial charge in [0.25, 0.3) is 5.91 Å². The van der Waals surface area contributed by atoms with E-state index < -0.39 is 0 Å². The molecule has 4 rings (SSSR count). The van der Waals surface area contributed by atoms with Crippen LogP contribution in [0.5, 0.6) is 0 Å². The van der Waals surface area contributed by atoms with E-state index in [-0.39, 0.29) is 30.2 Å². The number of hydrogen-bond acceptors (Lipinski definition) is 4. The summed E-state index contributed by atoms with van der Waals surface area (Å²) in [7, 11) is 0. The molecule has 3 aromatic rings. The van der Waals surface area contributed by atoms with Crippen LogP contribution >= 0.6 is 23.7 Å². The molecule has 0 saturated carbocycles. The highest BCUT2D eigenvalue weighted by Gasteiger charge is 2.33. The maximum absolute atomic E-state index is 13.3. The normalized spacial score (nSPS) is 16.1. The van der Waals surface area contributed by atoms with Gasteiger partial charge in [-0.3, -0.25) is 9.78 Å². The van der Waals surface area contributed by atoms with Crippen LogP contribution in [0.25, 0.3) is 0 Å². The number of carbonyl (C=O) groups is 1. The molecule has 0 N–H and O–H groups in total. The molecule has 0 spiro atoms. The SMILES string of the molecule is Cl.O=C(c1ccncc1)N1N=C(c2cccs2)CC1c1ccc(F)cc1. The molecule has 7 heteroatoms. The third kappa shape index (κ3) is 3.52. The third-order valence-electron chi connectivity index (χ3n) is 4.11. The number of benzene rings is 1. The topological polar surface area (TPSA) is 45.6 Å². The van der Waals surface area contributed by atoms with Crippen LogP contribution in [0, 0.1) is 5.82 Å². The van der Waals surface area contributed by atoms with E-state index in [1.54, 1.807) is 48.0 Å². The largest absolute Gasteiger partial charge is 0.274 e. The monoisotopic (exact) mass is 387 g/mol. The van der Waals surface area contributed by atoms with Gasteiger partial charge in [-0.15, -0.1) is 23.7 Å². The lowest BCUT2D eigenvalue weighted by atomic mass is 10.0. The van der Waals surface area contributed by atoms with E-state index in [2.05, 4.69) is 10.1 Å². The van der Waals surface area contributed by atoms with Gasteiger partial charge in [0.1, 0.15) is 5.82 Å². The van der Waals surface area contributed by atoms with Crippen molar-refractivity contribution in [2.75, 3.05) is 0 Å². The fourth-order valence-electron chi connectivity index (χ4n) is 2.86. The average Bonchev–Trinajstić information content (AvgIpc) is 3.32. The second-order valence-corrected chi connectivity index (χ2v) is 6.63. The Hall–Kier alpha value is -2.57. The first-order chi connectivity index (χ1) is 12.2. The summed E-state index contributed by atoms with van der Waals surface area (Å²) in [5.74, 6) is -0.489. The van der Waals surface area contributed by atoms with Gasteiger partial charge in [-0.25, -0.2) is 9.40 Å². The van der Waals surface area contributed by atoms with E-state index in [4.69, 9.17) is 0 Å². The highest BCUT2D eigenvalue weighted by molar-refractivity contribution is 7.12. The van der Waals surface area contributed by atoms with Crippen LogP contribution in [0.2, 0.25) is 0 Å². The molecule has 1 atom stereocenters. The molecule has 0 radical (unpaired) electrons. The van der Waals surface area contributed by atoms with E-state index in [1.807, 2.05) is 17.5 Å². The summed E-state index contributed by atoms with van der Waals surface area (Å²) >= 11 is 1.59. The van der Waals surface area contributed by atoms with Gasteiger partial charge in [0.15, 0.2) is 0 Å². The summed E-state index contributed by atoms with van der Waals surface area (Å²) in [5, 5.41) is 8.07. The Morgan fingerprint density at radius 1 is 1.12 bits per heavy atom. The van der Waals surface area contributed by atoms with Gasteiger partial charge in [0, 0.05) is 24.4 Å². The second kappa shape index (κ2) is 7.76. The average molecular weight is 388 g/mol. The highest BCUT2D eigenvalue weighted by Crippen LogP contribution is 2.34. The predicted molar refractivity (Wildman–Crippen MR) is 102 cm³/mol. The van der Waals surface area contributed by atoms with Crippen molar-refractivity contribution >= 4 is 35.4 Å². The van der Waals surface area contributed by atoms with Crippen LogP contribution in [-0.2, 0) is 0 Å². The zero-order chi connectivity index (χ0) is 17.2. The third-order valence-corrected chi connectivity index (χ3v) is 5.02. The van der Waals surface area contributed by atoms with Crippen molar-refractivity contribution in [2.24, 2.45) is 5.10 Å². The Bertz CT molecular complexity index is 914. The fourth-order valence-corrected chi connectivity index (χ4v) is 3.58. The Labute approximate surface area is 160 Å². The molecule has 132 valence electrons. The number of hydrogen-bond donors (Lipinski definition) is 0. The van der Waals surface area contributed by atoms with E-state index in [9.17, 15) is 9.18 Å². The van der Waals surface area contributed by atoms with Crippen molar-refractivity contribution < 1.29 is 9.18 Å². The molecule has 1 aliphatic rings. The minimum Gasteiger partial charge on any atom is -0.267 e. The first-order valence-corrected chi connectivity index (χ1v) is 8.71. The molecule has 1 amide bonds. The lowest BCUT2D eigenvalue weighted by molar-refractivity contribution is 0.0711. The number of amides is 1. The molecular weight excluding hydrogens is 373 g/mol. The predicted octanol–water partition coefficient (Wildman–Crippen LogP) is 4.70. The zero-order valence-electron chi connectivity index (χ0n) is 13.6. The summed E-state index contributed by atoms with van der Waals surface area (Å²) in [5.41, 5.74) is 2.25. The van der Waals surface area contributed by atoms with Crippen molar-refractivity contribution in [1.29, 1.82) is 0 Å². The maximum atomic E-state index is 13.3. The van der Waals surface area contributed by atoms with Crippen molar-refractivity contribution in [3.63, 3.8) is 0 Å². The van der Waals surface area contributed by atoms with Gasteiger partial charge in [0.2, 0.25) is 0 Å². The van der Waals surface area contributed by atoms with Gasteiger partial charge in [-0.2, -0.15) is 5.10 Å². The zero-order valence-corrected chi connectivity index (χ0v) is 15.2. The molecule has 4 nitrogen and oxygen atoms in total.